The number of H-pyrrole nitrogens is 1. The Morgan fingerprint density at radius 2 is 1.88 bits per heavy atom. The third-order valence-electron chi connectivity index (χ3n) is 7.00. The van der Waals surface area contributed by atoms with Gasteiger partial charge in [0.05, 0.1) is 5.69 Å². The number of hydrogen-bond donors (Lipinski definition) is 1. The van der Waals surface area contributed by atoms with Gasteiger partial charge in [-0.2, -0.15) is 0 Å². The predicted octanol–water partition coefficient (Wildman–Crippen LogP) is 3.53. The highest BCUT2D eigenvalue weighted by atomic mass is 16.2. The Hall–Kier alpha value is -2.67. The number of benzene rings is 1. The number of hydrogen-bond acceptors (Lipinski definition) is 5. The van der Waals surface area contributed by atoms with Gasteiger partial charge >= 0.3 is 0 Å². The molecule has 32 heavy (non-hydrogen) atoms. The first-order valence-electron chi connectivity index (χ1n) is 11.6. The Labute approximate surface area is 190 Å². The summed E-state index contributed by atoms with van der Waals surface area (Å²) in [6.07, 6.45) is 0.912. The number of nitrogens with one attached hydrogen (secondary N) is 1. The van der Waals surface area contributed by atoms with Crippen LogP contribution < -0.4 is 15.4 Å². The maximum atomic E-state index is 12.6. The van der Waals surface area contributed by atoms with Crippen LogP contribution in [0.15, 0.2) is 23.0 Å². The van der Waals surface area contributed by atoms with Crippen LogP contribution in [0.3, 0.4) is 0 Å². The SMILES string of the molecule is CCN1CCN(c2nc(-c3cc4c(cc3C)C(C)CC(C)(C)N4C(C)=O)cc(=O)[nH]2)CC1. The van der Waals surface area contributed by atoms with Gasteiger partial charge in [-0.1, -0.05) is 19.9 Å². The Kier molecular flexibility index (Phi) is 5.88. The van der Waals surface area contributed by atoms with Gasteiger partial charge in [-0.25, -0.2) is 4.98 Å². The maximum Gasteiger partial charge on any atom is 0.252 e. The molecule has 4 rings (SSSR count). The molecular weight excluding hydrogens is 402 g/mol. The summed E-state index contributed by atoms with van der Waals surface area (Å²) in [5, 5.41) is 0. The molecule has 7 nitrogen and oxygen atoms in total. The molecule has 1 atom stereocenters. The summed E-state index contributed by atoms with van der Waals surface area (Å²) >= 11 is 0. The second-order valence-electron chi connectivity index (χ2n) is 9.87. The lowest BCUT2D eigenvalue weighted by atomic mass is 9.78. The molecule has 0 radical (unpaired) electrons. The number of fused-ring (bicyclic) bond motifs is 1. The third-order valence-corrected chi connectivity index (χ3v) is 7.00. The van der Waals surface area contributed by atoms with Crippen molar-refractivity contribution >= 4 is 17.5 Å². The minimum atomic E-state index is -0.267. The molecule has 2 aromatic rings. The standard InChI is InChI=1S/C25H35N5O2/c1-7-28-8-10-29(11-9-28)24-26-21(14-23(32)27-24)19-13-22-20(12-16(19)2)17(3)15-25(5,6)30(22)18(4)31/h12-14,17H,7-11,15H2,1-6H3,(H,26,27,32). The summed E-state index contributed by atoms with van der Waals surface area (Å²) in [7, 11) is 0. The molecule has 1 aromatic heterocycles. The van der Waals surface area contributed by atoms with Crippen molar-refractivity contribution in [3.8, 4) is 11.3 Å². The van der Waals surface area contributed by atoms with Crippen molar-refractivity contribution in [2.45, 2.75) is 59.4 Å². The van der Waals surface area contributed by atoms with Crippen molar-refractivity contribution in [2.24, 2.45) is 0 Å². The Balaban J connectivity index is 1.78. The summed E-state index contributed by atoms with van der Waals surface area (Å²) in [6, 6.07) is 5.79. The van der Waals surface area contributed by atoms with Crippen LogP contribution >= 0.6 is 0 Å². The normalized spacial score (nSPS) is 20.9. The zero-order valence-corrected chi connectivity index (χ0v) is 20.2. The molecular formula is C25H35N5O2. The van der Waals surface area contributed by atoms with E-state index in [4.69, 9.17) is 4.98 Å². The number of carbonyl (C=O) groups is 1. The number of aromatic amines is 1. The monoisotopic (exact) mass is 437 g/mol. The number of anilines is 2. The second-order valence-corrected chi connectivity index (χ2v) is 9.87. The average Bonchev–Trinajstić information content (AvgIpc) is 2.72. The van der Waals surface area contributed by atoms with Gasteiger partial charge in [0.2, 0.25) is 11.9 Å². The summed E-state index contributed by atoms with van der Waals surface area (Å²) in [5.74, 6) is 1.00. The van der Waals surface area contributed by atoms with Gasteiger partial charge < -0.3 is 14.7 Å². The largest absolute Gasteiger partial charge is 0.340 e. The second kappa shape index (κ2) is 8.35. The highest BCUT2D eigenvalue weighted by Crippen LogP contribution is 2.45. The van der Waals surface area contributed by atoms with E-state index in [1.54, 1.807) is 13.0 Å². The number of rotatable bonds is 3. The molecule has 1 unspecified atom stereocenters. The zero-order valence-electron chi connectivity index (χ0n) is 20.2. The van der Waals surface area contributed by atoms with Crippen LogP contribution in [-0.4, -0.2) is 59.0 Å². The van der Waals surface area contributed by atoms with E-state index in [0.29, 0.717) is 17.6 Å². The van der Waals surface area contributed by atoms with E-state index in [2.05, 4.69) is 61.5 Å². The van der Waals surface area contributed by atoms with Gasteiger partial charge in [0.25, 0.3) is 5.56 Å². The van der Waals surface area contributed by atoms with E-state index < -0.39 is 0 Å². The number of likely N-dealkylation sites (N-methyl/N-ethyl adjacent to an activating group) is 1. The average molecular weight is 438 g/mol. The number of piperazine rings is 1. The van der Waals surface area contributed by atoms with Gasteiger partial charge in [0.1, 0.15) is 0 Å². The van der Waals surface area contributed by atoms with Gasteiger partial charge in [0.15, 0.2) is 0 Å². The number of aromatic nitrogens is 2. The van der Waals surface area contributed by atoms with E-state index in [-0.39, 0.29) is 17.0 Å². The number of nitrogens with zero attached hydrogens (tertiary/aromatic N) is 4. The lowest BCUT2D eigenvalue weighted by molar-refractivity contribution is -0.117. The molecule has 172 valence electrons. The zero-order chi connectivity index (χ0) is 23.2. The molecule has 3 heterocycles. The summed E-state index contributed by atoms with van der Waals surface area (Å²) in [4.78, 5) is 39.4. The Morgan fingerprint density at radius 3 is 2.50 bits per heavy atom. The van der Waals surface area contributed by atoms with Crippen LogP contribution in [0.5, 0.6) is 0 Å². The summed E-state index contributed by atoms with van der Waals surface area (Å²) < 4.78 is 0. The molecule has 2 aliphatic heterocycles. The van der Waals surface area contributed by atoms with Crippen molar-refractivity contribution in [2.75, 3.05) is 42.5 Å². The topological polar surface area (TPSA) is 72.5 Å². The van der Waals surface area contributed by atoms with E-state index >= 15 is 0 Å². The highest BCUT2D eigenvalue weighted by molar-refractivity contribution is 5.95. The van der Waals surface area contributed by atoms with Crippen LogP contribution in [0, 0.1) is 6.92 Å². The first-order chi connectivity index (χ1) is 15.1. The van der Waals surface area contributed by atoms with Crippen LogP contribution in [0.25, 0.3) is 11.3 Å². The fraction of sp³-hybridized carbons (Fsp3) is 0.560. The van der Waals surface area contributed by atoms with Gasteiger partial charge in [-0.05, 0) is 56.8 Å². The van der Waals surface area contributed by atoms with Crippen molar-refractivity contribution in [1.29, 1.82) is 0 Å². The van der Waals surface area contributed by atoms with Crippen molar-refractivity contribution < 1.29 is 4.79 Å². The van der Waals surface area contributed by atoms with E-state index in [9.17, 15) is 9.59 Å². The van der Waals surface area contributed by atoms with E-state index in [1.807, 2.05) is 4.90 Å². The van der Waals surface area contributed by atoms with E-state index in [0.717, 1.165) is 56.0 Å². The smallest absolute Gasteiger partial charge is 0.252 e. The minimum Gasteiger partial charge on any atom is -0.340 e. The molecule has 1 aromatic carbocycles. The quantitative estimate of drug-likeness (QED) is 0.795. The Morgan fingerprint density at radius 1 is 1.19 bits per heavy atom. The van der Waals surface area contributed by atoms with Crippen LogP contribution in [0.4, 0.5) is 11.6 Å². The van der Waals surface area contributed by atoms with Crippen LogP contribution in [-0.2, 0) is 4.79 Å². The minimum absolute atomic E-state index is 0.0336. The molecule has 0 aliphatic carbocycles. The molecule has 0 bridgehead atoms. The lowest BCUT2D eigenvalue weighted by Crippen LogP contribution is -2.50. The van der Waals surface area contributed by atoms with Gasteiger partial charge in [0, 0.05) is 56.0 Å². The molecule has 1 saturated heterocycles. The van der Waals surface area contributed by atoms with E-state index in [1.165, 1.54) is 5.56 Å². The Bertz CT molecular complexity index is 1080. The predicted molar refractivity (Wildman–Crippen MR) is 130 cm³/mol. The number of carbonyl (C=O) groups excluding carboxylic acids is 1. The molecule has 1 N–H and O–H groups in total. The van der Waals surface area contributed by atoms with Crippen molar-refractivity contribution in [3.05, 3.63) is 39.7 Å². The van der Waals surface area contributed by atoms with Gasteiger partial charge in [-0.15, -0.1) is 0 Å². The highest BCUT2D eigenvalue weighted by Gasteiger charge is 2.39. The first-order valence-corrected chi connectivity index (χ1v) is 11.6. The molecule has 7 heteroatoms. The number of amides is 1. The summed E-state index contributed by atoms with van der Waals surface area (Å²) in [6.45, 7) is 16.9. The summed E-state index contributed by atoms with van der Waals surface area (Å²) in [5.41, 5.74) is 4.32. The van der Waals surface area contributed by atoms with Crippen molar-refractivity contribution in [3.63, 3.8) is 0 Å². The fourth-order valence-electron chi connectivity index (χ4n) is 5.46. The van der Waals surface area contributed by atoms with Crippen LogP contribution in [0.2, 0.25) is 0 Å². The molecule has 2 aliphatic rings. The lowest BCUT2D eigenvalue weighted by Gasteiger charge is -2.46. The number of aryl methyl sites for hydroxylation is 1. The van der Waals surface area contributed by atoms with Crippen LogP contribution in [0.1, 0.15) is 58.1 Å². The third kappa shape index (κ3) is 4.06. The molecule has 0 saturated carbocycles. The first kappa shape index (κ1) is 22.5. The molecule has 1 fully saturated rings. The fourth-order valence-corrected chi connectivity index (χ4v) is 5.46. The van der Waals surface area contributed by atoms with Gasteiger partial charge in [-0.3, -0.25) is 14.6 Å². The maximum absolute atomic E-state index is 12.6. The molecule has 1 amide bonds. The molecule has 0 spiro atoms. The van der Waals surface area contributed by atoms with Crippen molar-refractivity contribution in [1.82, 2.24) is 14.9 Å².